The van der Waals surface area contributed by atoms with Crippen LogP contribution in [0.1, 0.15) is 56.1 Å². The zero-order valence-corrected chi connectivity index (χ0v) is 19.3. The van der Waals surface area contributed by atoms with Crippen LogP contribution in [-0.4, -0.2) is 54.2 Å². The van der Waals surface area contributed by atoms with Crippen LogP contribution in [0.15, 0.2) is 48.5 Å². The van der Waals surface area contributed by atoms with Crippen molar-refractivity contribution in [3.8, 4) is 11.1 Å². The number of carbonyl (C=O) groups is 3. The van der Waals surface area contributed by atoms with Gasteiger partial charge in [-0.25, -0.2) is 4.79 Å². The molecule has 1 aliphatic rings. The molecule has 0 spiro atoms. The molecular weight excluding hydrogens is 420 g/mol. The average Bonchev–Trinajstić information content (AvgIpc) is 3.13. The van der Waals surface area contributed by atoms with E-state index in [9.17, 15) is 14.4 Å². The first-order valence-corrected chi connectivity index (χ1v) is 11.5. The molecule has 0 aromatic heterocycles. The Morgan fingerprint density at radius 3 is 2.21 bits per heavy atom. The molecule has 1 aliphatic carbocycles. The number of nitrogens with zero attached hydrogens (tertiary/aromatic N) is 1. The summed E-state index contributed by atoms with van der Waals surface area (Å²) in [7, 11) is 1.70. The zero-order chi connectivity index (χ0) is 23.8. The number of aliphatic carboxylic acids is 1. The Hall–Kier alpha value is -3.35. The predicted molar refractivity (Wildman–Crippen MR) is 126 cm³/mol. The van der Waals surface area contributed by atoms with Crippen molar-refractivity contribution in [1.82, 2.24) is 10.2 Å². The molecule has 0 fully saturated rings. The second-order valence-corrected chi connectivity index (χ2v) is 8.45. The molecule has 33 heavy (non-hydrogen) atoms. The van der Waals surface area contributed by atoms with Crippen LogP contribution in [0, 0.1) is 0 Å². The van der Waals surface area contributed by atoms with Crippen LogP contribution < -0.4 is 5.32 Å². The van der Waals surface area contributed by atoms with Gasteiger partial charge in [-0.15, -0.1) is 0 Å². The SMILES string of the molecule is CC[C@@H](CC(=O)N(C)CCCCC(=O)O)NC(=O)OCC1c2ccccc2-c2ccccc21. The summed E-state index contributed by atoms with van der Waals surface area (Å²) in [5.41, 5.74) is 4.65. The van der Waals surface area contributed by atoms with Crippen LogP contribution in [0.4, 0.5) is 4.79 Å². The molecule has 7 heteroatoms. The van der Waals surface area contributed by atoms with Gasteiger partial charge in [-0.3, -0.25) is 9.59 Å². The number of alkyl carbamates (subject to hydrolysis) is 1. The predicted octanol–water partition coefficient (Wildman–Crippen LogP) is 4.41. The minimum atomic E-state index is -0.831. The Bertz CT molecular complexity index is 945. The van der Waals surface area contributed by atoms with Gasteiger partial charge < -0.3 is 20.1 Å². The molecule has 2 aromatic carbocycles. The maximum atomic E-state index is 12.5. The highest BCUT2D eigenvalue weighted by molar-refractivity contribution is 5.79. The number of fused-ring (bicyclic) bond motifs is 3. The number of carboxylic acid groups (broad SMARTS) is 1. The molecular formula is C26H32N2O5. The van der Waals surface area contributed by atoms with Gasteiger partial charge >= 0.3 is 12.1 Å². The van der Waals surface area contributed by atoms with Crippen molar-refractivity contribution in [3.63, 3.8) is 0 Å². The van der Waals surface area contributed by atoms with Gasteiger partial charge in [-0.05, 0) is 41.5 Å². The molecule has 0 saturated heterocycles. The van der Waals surface area contributed by atoms with Crippen molar-refractivity contribution in [2.45, 2.75) is 51.0 Å². The second kappa shape index (κ2) is 11.5. The van der Waals surface area contributed by atoms with Gasteiger partial charge in [0.2, 0.25) is 5.91 Å². The molecule has 0 saturated carbocycles. The molecule has 2 aromatic rings. The van der Waals surface area contributed by atoms with Crippen LogP contribution in [0.3, 0.4) is 0 Å². The van der Waals surface area contributed by atoms with Crippen molar-refractivity contribution in [3.05, 3.63) is 59.7 Å². The largest absolute Gasteiger partial charge is 0.481 e. The number of carbonyl (C=O) groups excluding carboxylic acids is 2. The molecule has 176 valence electrons. The van der Waals surface area contributed by atoms with Gasteiger partial charge in [0.05, 0.1) is 0 Å². The number of amides is 2. The fourth-order valence-electron chi connectivity index (χ4n) is 4.22. The molecule has 7 nitrogen and oxygen atoms in total. The van der Waals surface area contributed by atoms with Crippen molar-refractivity contribution >= 4 is 18.0 Å². The van der Waals surface area contributed by atoms with E-state index in [-0.39, 0.29) is 37.3 Å². The summed E-state index contributed by atoms with van der Waals surface area (Å²) < 4.78 is 5.59. The van der Waals surface area contributed by atoms with Gasteiger partial charge in [0.15, 0.2) is 0 Å². The van der Waals surface area contributed by atoms with Crippen molar-refractivity contribution < 1.29 is 24.2 Å². The number of unbranched alkanes of at least 4 members (excludes halogenated alkanes) is 1. The molecule has 0 bridgehead atoms. The molecule has 0 radical (unpaired) electrons. The monoisotopic (exact) mass is 452 g/mol. The summed E-state index contributed by atoms with van der Waals surface area (Å²) in [5.74, 6) is -0.930. The van der Waals surface area contributed by atoms with Gasteiger partial charge in [0.1, 0.15) is 6.61 Å². The normalized spacial score (nSPS) is 13.0. The van der Waals surface area contributed by atoms with E-state index < -0.39 is 12.1 Å². The number of hydrogen-bond donors (Lipinski definition) is 2. The van der Waals surface area contributed by atoms with Gasteiger partial charge in [0.25, 0.3) is 0 Å². The van der Waals surface area contributed by atoms with Crippen molar-refractivity contribution in [1.29, 1.82) is 0 Å². The van der Waals surface area contributed by atoms with Crippen LogP contribution in [0.5, 0.6) is 0 Å². The molecule has 1 atom stereocenters. The first-order valence-electron chi connectivity index (χ1n) is 11.5. The van der Waals surface area contributed by atoms with E-state index in [1.165, 1.54) is 11.1 Å². The van der Waals surface area contributed by atoms with Crippen LogP contribution in [-0.2, 0) is 14.3 Å². The lowest BCUT2D eigenvalue weighted by Gasteiger charge is -2.22. The van der Waals surface area contributed by atoms with E-state index >= 15 is 0 Å². The first kappa shape index (κ1) is 24.3. The first-order chi connectivity index (χ1) is 15.9. The van der Waals surface area contributed by atoms with Gasteiger partial charge in [0, 0.05) is 38.4 Å². The molecule has 0 aliphatic heterocycles. The maximum absolute atomic E-state index is 12.5. The third-order valence-electron chi connectivity index (χ3n) is 6.14. The van der Waals surface area contributed by atoms with E-state index in [1.54, 1.807) is 11.9 Å². The Balaban J connectivity index is 1.49. The van der Waals surface area contributed by atoms with E-state index in [0.717, 1.165) is 11.1 Å². The third-order valence-corrected chi connectivity index (χ3v) is 6.14. The summed E-state index contributed by atoms with van der Waals surface area (Å²) in [5, 5.41) is 11.5. The fourth-order valence-corrected chi connectivity index (χ4v) is 4.22. The van der Waals surface area contributed by atoms with Crippen LogP contribution in [0.2, 0.25) is 0 Å². The lowest BCUT2D eigenvalue weighted by Crippen LogP contribution is -2.40. The minimum Gasteiger partial charge on any atom is -0.481 e. The van der Waals surface area contributed by atoms with E-state index in [0.29, 0.717) is 25.8 Å². The Morgan fingerprint density at radius 1 is 1.03 bits per heavy atom. The number of carboxylic acids is 1. The maximum Gasteiger partial charge on any atom is 0.407 e. The standard InChI is InChI=1S/C26H32N2O5/c1-3-18(16-24(29)28(2)15-9-8-14-25(30)31)27-26(32)33-17-23-21-12-6-4-10-19(21)20-11-5-7-13-22(20)23/h4-7,10-13,18,23H,3,8-9,14-17H2,1-2H3,(H,27,32)(H,30,31)/t18-/m0/s1. The zero-order valence-electron chi connectivity index (χ0n) is 19.3. The summed E-state index contributed by atoms with van der Waals surface area (Å²) in [6, 6.07) is 16.0. The molecule has 3 rings (SSSR count). The average molecular weight is 453 g/mol. The number of hydrogen-bond acceptors (Lipinski definition) is 4. The number of ether oxygens (including phenoxy) is 1. The Kier molecular flexibility index (Phi) is 8.46. The van der Waals surface area contributed by atoms with Crippen molar-refractivity contribution in [2.24, 2.45) is 0 Å². The second-order valence-electron chi connectivity index (χ2n) is 8.45. The summed E-state index contributed by atoms with van der Waals surface area (Å²) >= 11 is 0. The molecule has 2 amide bonds. The molecule has 0 unspecified atom stereocenters. The molecule has 2 N–H and O–H groups in total. The highest BCUT2D eigenvalue weighted by Gasteiger charge is 2.29. The Labute approximate surface area is 194 Å². The van der Waals surface area contributed by atoms with Gasteiger partial charge in [-0.1, -0.05) is 55.5 Å². The van der Waals surface area contributed by atoms with Gasteiger partial charge in [-0.2, -0.15) is 0 Å². The van der Waals surface area contributed by atoms with E-state index in [4.69, 9.17) is 9.84 Å². The number of nitrogens with one attached hydrogen (secondary N) is 1. The minimum absolute atomic E-state index is 0.0122. The molecule has 0 heterocycles. The van der Waals surface area contributed by atoms with Crippen LogP contribution >= 0.6 is 0 Å². The number of rotatable bonds is 11. The van der Waals surface area contributed by atoms with E-state index in [2.05, 4.69) is 29.6 Å². The van der Waals surface area contributed by atoms with Crippen LogP contribution in [0.25, 0.3) is 11.1 Å². The lowest BCUT2D eigenvalue weighted by molar-refractivity contribution is -0.137. The smallest absolute Gasteiger partial charge is 0.407 e. The lowest BCUT2D eigenvalue weighted by atomic mass is 9.98. The third kappa shape index (κ3) is 6.34. The highest BCUT2D eigenvalue weighted by Crippen LogP contribution is 2.44. The number of benzene rings is 2. The quantitative estimate of drug-likeness (QED) is 0.493. The van der Waals surface area contributed by atoms with E-state index in [1.807, 2.05) is 31.2 Å². The fraction of sp³-hybridized carbons (Fsp3) is 0.423. The van der Waals surface area contributed by atoms with Crippen molar-refractivity contribution in [2.75, 3.05) is 20.2 Å². The summed E-state index contributed by atoms with van der Waals surface area (Å²) in [6.07, 6.45) is 1.51. The highest BCUT2D eigenvalue weighted by atomic mass is 16.5. The Morgan fingerprint density at radius 2 is 1.64 bits per heavy atom. The topological polar surface area (TPSA) is 95.9 Å². The summed E-state index contributed by atoms with van der Waals surface area (Å²) in [4.78, 5) is 37.2. The summed E-state index contributed by atoms with van der Waals surface area (Å²) in [6.45, 7) is 2.63.